The van der Waals surface area contributed by atoms with E-state index < -0.39 is 5.97 Å². The molecule has 0 saturated carbocycles. The minimum Gasteiger partial charge on any atom is -0.495 e. The number of esters is 1. The minimum atomic E-state index is -0.514. The first-order valence-electron chi connectivity index (χ1n) is 7.10. The van der Waals surface area contributed by atoms with Crippen molar-refractivity contribution in [3.8, 4) is 5.75 Å². The molecule has 0 fully saturated rings. The van der Waals surface area contributed by atoms with E-state index in [4.69, 9.17) is 21.1 Å². The van der Waals surface area contributed by atoms with Crippen LogP contribution in [0, 0.1) is 0 Å². The summed E-state index contributed by atoms with van der Waals surface area (Å²) in [5.41, 5.74) is 0.833. The van der Waals surface area contributed by atoms with Crippen LogP contribution in [0.25, 0.3) is 10.1 Å². The predicted molar refractivity (Wildman–Crippen MR) is 94.4 cm³/mol. The van der Waals surface area contributed by atoms with Gasteiger partial charge in [-0.1, -0.05) is 29.8 Å². The van der Waals surface area contributed by atoms with Crippen LogP contribution in [0.1, 0.15) is 20.7 Å². The molecule has 0 atom stereocenters. The van der Waals surface area contributed by atoms with Gasteiger partial charge in [0, 0.05) is 21.0 Å². The van der Waals surface area contributed by atoms with Gasteiger partial charge in [0.15, 0.2) is 12.4 Å². The number of ether oxygens (including phenoxy) is 2. The van der Waals surface area contributed by atoms with Gasteiger partial charge in [-0.05, 0) is 24.3 Å². The number of rotatable bonds is 5. The van der Waals surface area contributed by atoms with Crippen LogP contribution >= 0.6 is 22.9 Å². The molecule has 6 heteroatoms. The van der Waals surface area contributed by atoms with Gasteiger partial charge in [0.05, 0.1) is 17.7 Å². The first-order chi connectivity index (χ1) is 11.6. The molecule has 1 aromatic heterocycles. The number of benzene rings is 2. The molecule has 3 aromatic rings. The lowest BCUT2D eigenvalue weighted by Crippen LogP contribution is -2.14. The average molecular weight is 361 g/mol. The van der Waals surface area contributed by atoms with E-state index >= 15 is 0 Å². The Morgan fingerprint density at radius 1 is 1.17 bits per heavy atom. The van der Waals surface area contributed by atoms with Crippen molar-refractivity contribution in [2.45, 2.75) is 0 Å². The molecule has 2 aromatic carbocycles. The van der Waals surface area contributed by atoms with Crippen LogP contribution < -0.4 is 4.74 Å². The third-order valence-electron chi connectivity index (χ3n) is 3.51. The molecule has 0 N–H and O–H groups in total. The maximum Gasteiger partial charge on any atom is 0.340 e. The van der Waals surface area contributed by atoms with Crippen molar-refractivity contribution in [3.05, 3.63) is 64.0 Å². The second-order valence-electron chi connectivity index (χ2n) is 4.99. The molecule has 3 rings (SSSR count). The lowest BCUT2D eigenvalue weighted by Gasteiger charge is -2.06. The summed E-state index contributed by atoms with van der Waals surface area (Å²) in [6.07, 6.45) is 0. The van der Waals surface area contributed by atoms with E-state index in [9.17, 15) is 9.59 Å². The van der Waals surface area contributed by atoms with Crippen molar-refractivity contribution < 1.29 is 19.1 Å². The predicted octanol–water partition coefficient (Wildman–Crippen LogP) is 4.60. The SMILES string of the molecule is COc1ccc(C(=O)COC(=O)c2csc3ccccc23)cc1Cl. The Kier molecular flexibility index (Phi) is 4.83. The molecule has 0 aliphatic rings. The molecule has 0 aliphatic carbocycles. The maximum absolute atomic E-state index is 12.2. The van der Waals surface area contributed by atoms with Gasteiger partial charge in [0.2, 0.25) is 0 Å². The van der Waals surface area contributed by atoms with Crippen molar-refractivity contribution in [1.29, 1.82) is 0 Å². The summed E-state index contributed by atoms with van der Waals surface area (Å²) in [6.45, 7) is -0.342. The van der Waals surface area contributed by atoms with E-state index in [0.717, 1.165) is 10.1 Å². The third kappa shape index (κ3) is 3.27. The highest BCUT2D eigenvalue weighted by atomic mass is 35.5. The monoisotopic (exact) mass is 360 g/mol. The smallest absolute Gasteiger partial charge is 0.340 e. The van der Waals surface area contributed by atoms with E-state index in [1.54, 1.807) is 17.5 Å². The molecule has 0 spiro atoms. The zero-order valence-electron chi connectivity index (χ0n) is 12.7. The highest BCUT2D eigenvalue weighted by molar-refractivity contribution is 7.17. The van der Waals surface area contributed by atoms with Gasteiger partial charge >= 0.3 is 5.97 Å². The summed E-state index contributed by atoms with van der Waals surface area (Å²) in [7, 11) is 1.50. The van der Waals surface area contributed by atoms with Crippen molar-refractivity contribution in [2.24, 2.45) is 0 Å². The van der Waals surface area contributed by atoms with E-state index in [1.165, 1.54) is 24.5 Å². The second kappa shape index (κ2) is 7.03. The summed E-state index contributed by atoms with van der Waals surface area (Å²) in [6, 6.07) is 12.2. The Morgan fingerprint density at radius 2 is 1.96 bits per heavy atom. The number of Topliss-reactive ketones (excluding diaryl/α,β-unsaturated/α-hetero) is 1. The number of fused-ring (bicyclic) bond motifs is 1. The van der Waals surface area contributed by atoms with Crippen LogP contribution in [0.3, 0.4) is 0 Å². The van der Waals surface area contributed by atoms with Gasteiger partial charge in [-0.25, -0.2) is 4.79 Å². The Labute approximate surface area is 147 Å². The van der Waals surface area contributed by atoms with Crippen LogP contribution in [0.4, 0.5) is 0 Å². The molecule has 0 saturated heterocycles. The standard InChI is InChI=1S/C18H13ClO4S/c1-22-16-7-6-11(8-14(16)19)15(20)9-23-18(21)13-10-24-17-5-3-2-4-12(13)17/h2-8,10H,9H2,1H3. The third-order valence-corrected chi connectivity index (χ3v) is 4.77. The first-order valence-corrected chi connectivity index (χ1v) is 8.36. The number of thiophene rings is 1. The fraction of sp³-hybridized carbons (Fsp3) is 0.111. The van der Waals surface area contributed by atoms with Gasteiger partial charge in [0.25, 0.3) is 0 Å². The molecule has 24 heavy (non-hydrogen) atoms. The molecule has 4 nitrogen and oxygen atoms in total. The molecule has 0 bridgehead atoms. The molecular formula is C18H13ClO4S. The number of hydrogen-bond acceptors (Lipinski definition) is 5. The minimum absolute atomic E-state index is 0.326. The Balaban J connectivity index is 1.70. The van der Waals surface area contributed by atoms with Gasteiger partial charge < -0.3 is 9.47 Å². The number of methoxy groups -OCH3 is 1. The Hall–Kier alpha value is -2.37. The van der Waals surface area contributed by atoms with Crippen molar-refractivity contribution >= 4 is 44.8 Å². The van der Waals surface area contributed by atoms with Crippen LogP contribution in [0.15, 0.2) is 47.8 Å². The lowest BCUT2D eigenvalue weighted by atomic mass is 10.1. The highest BCUT2D eigenvalue weighted by Crippen LogP contribution is 2.27. The number of ketones is 1. The largest absolute Gasteiger partial charge is 0.495 e. The quantitative estimate of drug-likeness (QED) is 0.492. The Morgan fingerprint density at radius 3 is 2.71 bits per heavy atom. The van der Waals surface area contributed by atoms with Crippen LogP contribution in [-0.4, -0.2) is 25.5 Å². The summed E-state index contributed by atoms with van der Waals surface area (Å²) in [5.74, 6) is -0.359. The van der Waals surface area contributed by atoms with E-state index in [0.29, 0.717) is 21.9 Å². The van der Waals surface area contributed by atoms with Crippen LogP contribution in [0.2, 0.25) is 5.02 Å². The van der Waals surface area contributed by atoms with Crippen molar-refractivity contribution in [3.63, 3.8) is 0 Å². The average Bonchev–Trinajstić information content (AvgIpc) is 3.03. The van der Waals surface area contributed by atoms with Gasteiger partial charge in [-0.15, -0.1) is 11.3 Å². The molecular weight excluding hydrogens is 348 g/mol. The normalized spacial score (nSPS) is 10.6. The maximum atomic E-state index is 12.2. The number of carbonyl (C=O) groups excluding carboxylic acids is 2. The highest BCUT2D eigenvalue weighted by Gasteiger charge is 2.16. The number of carbonyl (C=O) groups is 2. The lowest BCUT2D eigenvalue weighted by molar-refractivity contribution is 0.0477. The number of halogens is 1. The summed E-state index contributed by atoms with van der Waals surface area (Å²) in [4.78, 5) is 24.4. The summed E-state index contributed by atoms with van der Waals surface area (Å²) >= 11 is 7.46. The topological polar surface area (TPSA) is 52.6 Å². The van der Waals surface area contributed by atoms with Gasteiger partial charge in [-0.3, -0.25) is 4.79 Å². The summed E-state index contributed by atoms with van der Waals surface area (Å²) in [5, 5.41) is 2.90. The van der Waals surface area contributed by atoms with Crippen LogP contribution in [-0.2, 0) is 4.74 Å². The van der Waals surface area contributed by atoms with Crippen molar-refractivity contribution in [1.82, 2.24) is 0 Å². The molecule has 1 heterocycles. The molecule has 0 unspecified atom stereocenters. The van der Waals surface area contributed by atoms with Gasteiger partial charge in [-0.2, -0.15) is 0 Å². The number of hydrogen-bond donors (Lipinski definition) is 0. The zero-order chi connectivity index (χ0) is 17.1. The first kappa shape index (κ1) is 16.5. The second-order valence-corrected chi connectivity index (χ2v) is 6.31. The fourth-order valence-corrected chi connectivity index (χ4v) is 3.46. The molecule has 0 aliphatic heterocycles. The van der Waals surface area contributed by atoms with E-state index in [1.807, 2.05) is 24.3 Å². The summed E-state index contributed by atoms with van der Waals surface area (Å²) < 4.78 is 11.2. The molecule has 0 radical (unpaired) electrons. The molecule has 0 amide bonds. The zero-order valence-corrected chi connectivity index (χ0v) is 14.3. The Bertz CT molecular complexity index is 916. The van der Waals surface area contributed by atoms with E-state index in [2.05, 4.69) is 0 Å². The van der Waals surface area contributed by atoms with Gasteiger partial charge in [0.1, 0.15) is 5.75 Å². The van der Waals surface area contributed by atoms with Crippen LogP contribution in [0.5, 0.6) is 5.75 Å². The fourth-order valence-electron chi connectivity index (χ4n) is 2.27. The van der Waals surface area contributed by atoms with E-state index in [-0.39, 0.29) is 12.4 Å². The van der Waals surface area contributed by atoms with Crippen molar-refractivity contribution in [2.75, 3.05) is 13.7 Å². The molecule has 122 valence electrons.